The Bertz CT molecular complexity index is 506. The highest BCUT2D eigenvalue weighted by Crippen LogP contribution is 2.21. The van der Waals surface area contributed by atoms with Crippen molar-refractivity contribution in [3.8, 4) is 17.0 Å². The fourth-order valence-corrected chi connectivity index (χ4v) is 1.49. The molecule has 86 valence electrons. The van der Waals surface area contributed by atoms with Crippen molar-refractivity contribution in [3.63, 3.8) is 0 Å². The number of hydrogen-bond acceptors (Lipinski definition) is 3. The smallest absolute Gasteiger partial charge is 0.124 e. The number of aromatic nitrogens is 1. The average molecular weight is 226 g/mol. The third-order valence-electron chi connectivity index (χ3n) is 2.29. The number of benzene rings is 1. The highest BCUT2D eigenvalue weighted by molar-refractivity contribution is 5.61. The molecule has 1 heterocycles. The Morgan fingerprint density at radius 1 is 1.18 bits per heavy atom. The topological polar surface area (TPSA) is 48.1 Å². The lowest BCUT2D eigenvalue weighted by molar-refractivity contribution is 0.363. The number of pyridine rings is 1. The third kappa shape index (κ3) is 2.84. The molecule has 0 spiro atoms. The van der Waals surface area contributed by atoms with Gasteiger partial charge >= 0.3 is 0 Å². The lowest BCUT2D eigenvalue weighted by Gasteiger charge is -2.05. The van der Waals surface area contributed by atoms with E-state index >= 15 is 0 Å². The van der Waals surface area contributed by atoms with Gasteiger partial charge in [0.25, 0.3) is 0 Å². The highest BCUT2D eigenvalue weighted by atomic mass is 16.5. The van der Waals surface area contributed by atoms with Gasteiger partial charge in [0, 0.05) is 5.56 Å². The molecule has 17 heavy (non-hydrogen) atoms. The van der Waals surface area contributed by atoms with Crippen molar-refractivity contribution in [2.75, 3.05) is 12.3 Å². The van der Waals surface area contributed by atoms with Crippen molar-refractivity contribution in [1.29, 1.82) is 0 Å². The van der Waals surface area contributed by atoms with E-state index in [9.17, 15) is 0 Å². The van der Waals surface area contributed by atoms with Crippen molar-refractivity contribution < 1.29 is 4.74 Å². The number of ether oxygens (including phenoxy) is 1. The van der Waals surface area contributed by atoms with Crippen LogP contribution < -0.4 is 10.5 Å². The second-order valence-electron chi connectivity index (χ2n) is 3.57. The minimum atomic E-state index is 0.510. The molecule has 3 nitrogen and oxygen atoms in total. The quantitative estimate of drug-likeness (QED) is 0.815. The zero-order chi connectivity index (χ0) is 12.1. The van der Waals surface area contributed by atoms with E-state index in [1.54, 1.807) is 12.1 Å². The van der Waals surface area contributed by atoms with Crippen LogP contribution in [0.3, 0.4) is 0 Å². The largest absolute Gasteiger partial charge is 0.490 e. The number of nitrogen functional groups attached to an aromatic ring is 1. The minimum absolute atomic E-state index is 0.510. The fraction of sp³-hybridized carbons (Fsp3) is 0.0714. The molecule has 0 amide bonds. The van der Waals surface area contributed by atoms with E-state index < -0.39 is 0 Å². The zero-order valence-corrected chi connectivity index (χ0v) is 9.47. The van der Waals surface area contributed by atoms with Crippen molar-refractivity contribution in [2.24, 2.45) is 0 Å². The molecule has 0 unspecified atom stereocenters. The first-order chi connectivity index (χ1) is 8.29. The summed E-state index contributed by atoms with van der Waals surface area (Å²) in [5.41, 5.74) is 7.52. The molecule has 1 aromatic heterocycles. The molecule has 2 aromatic rings. The summed E-state index contributed by atoms with van der Waals surface area (Å²) in [6.45, 7) is 4.11. The van der Waals surface area contributed by atoms with Gasteiger partial charge in [0.1, 0.15) is 18.2 Å². The molecule has 0 saturated carbocycles. The summed E-state index contributed by atoms with van der Waals surface area (Å²) in [5.74, 6) is 1.34. The molecule has 0 saturated heterocycles. The Balaban J connectivity index is 2.20. The highest BCUT2D eigenvalue weighted by Gasteiger charge is 2.00. The van der Waals surface area contributed by atoms with Gasteiger partial charge in [0.15, 0.2) is 0 Å². The van der Waals surface area contributed by atoms with Gasteiger partial charge in [0.05, 0.1) is 5.69 Å². The predicted molar refractivity (Wildman–Crippen MR) is 69.8 cm³/mol. The van der Waals surface area contributed by atoms with Gasteiger partial charge in [-0.3, -0.25) is 0 Å². The van der Waals surface area contributed by atoms with Crippen LogP contribution in [0, 0.1) is 0 Å². The molecule has 2 N–H and O–H groups in total. The molecule has 3 heteroatoms. The van der Waals surface area contributed by atoms with E-state index in [-0.39, 0.29) is 0 Å². The number of rotatable bonds is 4. The van der Waals surface area contributed by atoms with Crippen LogP contribution in [0.1, 0.15) is 0 Å². The van der Waals surface area contributed by atoms with Gasteiger partial charge in [-0.2, -0.15) is 0 Å². The van der Waals surface area contributed by atoms with Gasteiger partial charge in [-0.25, -0.2) is 4.98 Å². The van der Waals surface area contributed by atoms with Gasteiger partial charge in [-0.15, -0.1) is 0 Å². The summed E-state index contributed by atoms with van der Waals surface area (Å²) in [6.07, 6.45) is 1.72. The Hall–Kier alpha value is -2.29. The van der Waals surface area contributed by atoms with Crippen LogP contribution in [0.2, 0.25) is 0 Å². The van der Waals surface area contributed by atoms with Crippen LogP contribution >= 0.6 is 0 Å². The first-order valence-electron chi connectivity index (χ1n) is 5.36. The van der Waals surface area contributed by atoms with Crippen LogP contribution in [-0.4, -0.2) is 11.6 Å². The van der Waals surface area contributed by atoms with E-state index in [1.807, 2.05) is 36.4 Å². The normalized spacial score (nSPS) is 9.88. The first kappa shape index (κ1) is 11.2. The van der Waals surface area contributed by atoms with E-state index in [4.69, 9.17) is 10.5 Å². The standard InChI is InChI=1S/C14H14N2O/c1-2-10-17-12-8-6-11(7-9-12)13-4-3-5-14(15)16-13/h2-9H,1,10H2,(H2,15,16). The molecular weight excluding hydrogens is 212 g/mol. The molecule has 0 radical (unpaired) electrons. The van der Waals surface area contributed by atoms with Gasteiger partial charge in [-0.05, 0) is 36.4 Å². The van der Waals surface area contributed by atoms with Crippen LogP contribution in [0.25, 0.3) is 11.3 Å². The SMILES string of the molecule is C=CCOc1ccc(-c2cccc(N)n2)cc1. The number of anilines is 1. The summed E-state index contributed by atoms with van der Waals surface area (Å²) in [4.78, 5) is 4.26. The zero-order valence-electron chi connectivity index (χ0n) is 9.47. The third-order valence-corrected chi connectivity index (χ3v) is 2.29. The van der Waals surface area contributed by atoms with Crippen molar-refractivity contribution in [1.82, 2.24) is 4.98 Å². The lowest BCUT2D eigenvalue weighted by atomic mass is 10.1. The molecule has 0 aliphatic rings. The maximum atomic E-state index is 5.64. The number of hydrogen-bond donors (Lipinski definition) is 1. The number of nitrogens with two attached hydrogens (primary N) is 1. The fourth-order valence-electron chi connectivity index (χ4n) is 1.49. The Morgan fingerprint density at radius 3 is 2.59 bits per heavy atom. The van der Waals surface area contributed by atoms with Crippen molar-refractivity contribution in [3.05, 3.63) is 55.1 Å². The van der Waals surface area contributed by atoms with E-state index in [1.165, 1.54) is 0 Å². The summed E-state index contributed by atoms with van der Waals surface area (Å²) in [7, 11) is 0. The van der Waals surface area contributed by atoms with Gasteiger partial charge in [0.2, 0.25) is 0 Å². The molecule has 0 fully saturated rings. The average Bonchev–Trinajstić information content (AvgIpc) is 2.37. The lowest BCUT2D eigenvalue weighted by Crippen LogP contribution is -1.93. The molecule has 1 aromatic carbocycles. The summed E-state index contributed by atoms with van der Waals surface area (Å²) >= 11 is 0. The van der Waals surface area contributed by atoms with Crippen molar-refractivity contribution >= 4 is 5.82 Å². The van der Waals surface area contributed by atoms with Gasteiger partial charge in [-0.1, -0.05) is 18.7 Å². The monoisotopic (exact) mass is 226 g/mol. The first-order valence-corrected chi connectivity index (χ1v) is 5.36. The Morgan fingerprint density at radius 2 is 1.94 bits per heavy atom. The molecular formula is C14H14N2O. The molecule has 2 rings (SSSR count). The summed E-state index contributed by atoms with van der Waals surface area (Å²) in [5, 5.41) is 0. The minimum Gasteiger partial charge on any atom is -0.490 e. The van der Waals surface area contributed by atoms with E-state index in [2.05, 4.69) is 11.6 Å². The van der Waals surface area contributed by atoms with Crippen molar-refractivity contribution in [2.45, 2.75) is 0 Å². The second-order valence-corrected chi connectivity index (χ2v) is 3.57. The molecule has 0 bridgehead atoms. The summed E-state index contributed by atoms with van der Waals surface area (Å²) in [6, 6.07) is 13.3. The molecule has 0 atom stereocenters. The molecule has 0 aliphatic heterocycles. The maximum Gasteiger partial charge on any atom is 0.124 e. The van der Waals surface area contributed by atoms with Crippen LogP contribution in [0.4, 0.5) is 5.82 Å². The Kier molecular flexibility index (Phi) is 3.40. The van der Waals surface area contributed by atoms with Crippen LogP contribution in [0.15, 0.2) is 55.1 Å². The molecule has 0 aliphatic carbocycles. The number of nitrogens with zero attached hydrogens (tertiary/aromatic N) is 1. The van der Waals surface area contributed by atoms with Crippen LogP contribution in [-0.2, 0) is 0 Å². The van der Waals surface area contributed by atoms with E-state index in [0.29, 0.717) is 12.4 Å². The van der Waals surface area contributed by atoms with Gasteiger partial charge < -0.3 is 10.5 Å². The van der Waals surface area contributed by atoms with Crippen LogP contribution in [0.5, 0.6) is 5.75 Å². The Labute approximate surface area is 101 Å². The predicted octanol–water partition coefficient (Wildman–Crippen LogP) is 2.90. The van der Waals surface area contributed by atoms with E-state index in [0.717, 1.165) is 17.0 Å². The second kappa shape index (κ2) is 5.16. The maximum absolute atomic E-state index is 5.64. The summed E-state index contributed by atoms with van der Waals surface area (Å²) < 4.78 is 5.41.